The monoisotopic (exact) mass is 500 g/mol. The van der Waals surface area contributed by atoms with E-state index in [1.807, 2.05) is 26.8 Å². The summed E-state index contributed by atoms with van der Waals surface area (Å²) in [5, 5.41) is 2.82. The zero-order valence-electron chi connectivity index (χ0n) is 21.1. The molecule has 0 saturated heterocycles. The summed E-state index contributed by atoms with van der Waals surface area (Å²) in [6.45, 7) is 7.43. The average molecular weight is 501 g/mol. The predicted octanol–water partition coefficient (Wildman–Crippen LogP) is 2.72. The Balaban J connectivity index is 1.91. The van der Waals surface area contributed by atoms with Crippen molar-refractivity contribution in [2.45, 2.75) is 33.1 Å². The maximum atomic E-state index is 14.1. The highest BCUT2D eigenvalue weighted by Crippen LogP contribution is 2.55. The number of amides is 3. The molecule has 5 rings (SSSR count). The van der Waals surface area contributed by atoms with E-state index < -0.39 is 29.1 Å². The molecule has 2 aromatic carbocycles. The molecule has 3 aliphatic rings. The number of benzene rings is 2. The molecule has 0 aliphatic carbocycles. The maximum Gasteiger partial charge on any atom is 0.339 e. The number of anilines is 2. The third kappa shape index (κ3) is 3.30. The fourth-order valence-corrected chi connectivity index (χ4v) is 5.41. The molecule has 0 radical (unpaired) electrons. The Kier molecular flexibility index (Phi) is 5.66. The van der Waals surface area contributed by atoms with Gasteiger partial charge in [-0.1, -0.05) is 49.7 Å². The third-order valence-corrected chi connectivity index (χ3v) is 6.82. The van der Waals surface area contributed by atoms with E-state index in [0.717, 1.165) is 10.5 Å². The molecule has 9 nitrogen and oxygen atoms in total. The number of para-hydroxylation sites is 1. The van der Waals surface area contributed by atoms with Crippen molar-refractivity contribution in [3.05, 3.63) is 82.3 Å². The molecule has 0 saturated carbocycles. The van der Waals surface area contributed by atoms with Crippen molar-refractivity contribution < 1.29 is 23.9 Å². The Hall–Kier alpha value is -4.40. The summed E-state index contributed by atoms with van der Waals surface area (Å²) in [6, 6.07) is 14.0. The van der Waals surface area contributed by atoms with E-state index in [9.17, 15) is 19.2 Å². The van der Waals surface area contributed by atoms with Crippen LogP contribution in [-0.2, 0) is 29.3 Å². The number of imide groups is 1. The molecule has 3 aliphatic heterocycles. The van der Waals surface area contributed by atoms with Gasteiger partial charge in [0.05, 0.1) is 12.2 Å². The first kappa shape index (κ1) is 24.3. The van der Waals surface area contributed by atoms with Crippen molar-refractivity contribution in [1.29, 1.82) is 0 Å². The van der Waals surface area contributed by atoms with Gasteiger partial charge >= 0.3 is 5.97 Å². The first-order valence-corrected chi connectivity index (χ1v) is 12.2. The van der Waals surface area contributed by atoms with Crippen molar-refractivity contribution in [1.82, 2.24) is 4.90 Å². The molecule has 0 fully saturated rings. The second-order valence-electron chi connectivity index (χ2n) is 9.74. The Labute approximate surface area is 214 Å². The lowest BCUT2D eigenvalue weighted by Crippen LogP contribution is -2.51. The molecule has 0 aromatic heterocycles. The molecule has 190 valence electrons. The predicted molar refractivity (Wildman–Crippen MR) is 137 cm³/mol. The van der Waals surface area contributed by atoms with Crippen molar-refractivity contribution in [2.24, 2.45) is 11.7 Å². The van der Waals surface area contributed by atoms with Gasteiger partial charge in [-0.2, -0.15) is 0 Å². The Morgan fingerprint density at radius 3 is 2.43 bits per heavy atom. The summed E-state index contributed by atoms with van der Waals surface area (Å²) in [6.07, 6.45) is 0. The van der Waals surface area contributed by atoms with Gasteiger partial charge in [0, 0.05) is 23.5 Å². The molecule has 1 spiro atoms. The van der Waals surface area contributed by atoms with Gasteiger partial charge in [-0.15, -0.1) is 0 Å². The van der Waals surface area contributed by atoms with Crippen molar-refractivity contribution in [3.63, 3.8) is 0 Å². The standard InChI is InChI=1S/C28H28N4O5/c1-5-37-26(35)21-23(29)32(17-9-7-6-8-10-17)22-20(24(33)31(25(22)34)14-15(2)3)28(21)18-13-16(4)11-12-19(18)30-27(28)36/h6-13,15H,5,14,29H2,1-4H3,(H,30,36)/t28-/m0/s1. The van der Waals surface area contributed by atoms with Crippen LogP contribution in [0.5, 0.6) is 0 Å². The van der Waals surface area contributed by atoms with Crippen LogP contribution >= 0.6 is 0 Å². The van der Waals surface area contributed by atoms with Crippen LogP contribution in [0.3, 0.4) is 0 Å². The minimum Gasteiger partial charge on any atom is -0.462 e. The van der Waals surface area contributed by atoms with E-state index in [1.54, 1.807) is 49.4 Å². The molecular formula is C28H28N4O5. The number of nitrogens with one attached hydrogen (secondary N) is 1. The first-order chi connectivity index (χ1) is 17.6. The second kappa shape index (κ2) is 8.62. The number of esters is 1. The fourth-order valence-electron chi connectivity index (χ4n) is 5.41. The second-order valence-corrected chi connectivity index (χ2v) is 9.74. The molecule has 0 bridgehead atoms. The maximum absolute atomic E-state index is 14.1. The van der Waals surface area contributed by atoms with Crippen molar-refractivity contribution in [3.8, 4) is 0 Å². The lowest BCUT2D eigenvalue weighted by atomic mass is 9.66. The number of rotatable bonds is 5. The van der Waals surface area contributed by atoms with E-state index in [-0.39, 0.29) is 41.7 Å². The van der Waals surface area contributed by atoms with Crippen LogP contribution in [0.1, 0.15) is 31.9 Å². The highest BCUT2D eigenvalue weighted by Gasteiger charge is 2.65. The Morgan fingerprint density at radius 1 is 1.08 bits per heavy atom. The van der Waals surface area contributed by atoms with Gasteiger partial charge in [-0.05, 0) is 38.0 Å². The number of hydrogen-bond donors (Lipinski definition) is 2. The van der Waals surface area contributed by atoms with Crippen LogP contribution in [0.15, 0.2) is 71.2 Å². The molecule has 3 amide bonds. The summed E-state index contributed by atoms with van der Waals surface area (Å²) in [5.41, 5.74) is 6.55. The van der Waals surface area contributed by atoms with Crippen molar-refractivity contribution in [2.75, 3.05) is 23.4 Å². The summed E-state index contributed by atoms with van der Waals surface area (Å²) < 4.78 is 5.40. The quantitative estimate of drug-likeness (QED) is 0.478. The minimum absolute atomic E-state index is 0.0254. The Bertz CT molecular complexity index is 1430. The third-order valence-electron chi connectivity index (χ3n) is 6.82. The first-order valence-electron chi connectivity index (χ1n) is 12.2. The van der Waals surface area contributed by atoms with Crippen LogP contribution in [-0.4, -0.2) is 41.7 Å². The number of hydrogen-bond acceptors (Lipinski definition) is 7. The average Bonchev–Trinajstić information content (AvgIpc) is 3.26. The number of nitrogens with two attached hydrogens (primary N) is 1. The Morgan fingerprint density at radius 2 is 1.78 bits per heavy atom. The molecule has 0 unspecified atom stereocenters. The smallest absolute Gasteiger partial charge is 0.339 e. The van der Waals surface area contributed by atoms with Gasteiger partial charge in [-0.25, -0.2) is 4.79 Å². The molecule has 37 heavy (non-hydrogen) atoms. The van der Waals surface area contributed by atoms with Crippen LogP contribution in [0.2, 0.25) is 0 Å². The van der Waals surface area contributed by atoms with E-state index in [2.05, 4.69) is 5.32 Å². The van der Waals surface area contributed by atoms with E-state index in [0.29, 0.717) is 16.9 Å². The van der Waals surface area contributed by atoms with Crippen LogP contribution < -0.4 is 16.0 Å². The molecular weight excluding hydrogens is 472 g/mol. The molecule has 3 heterocycles. The van der Waals surface area contributed by atoms with Gasteiger partial charge in [0.15, 0.2) is 0 Å². The SMILES string of the molecule is CCOC(=O)C1=C(N)N(c2ccccc2)C2=C(C(=O)N(CC(C)C)C2=O)[C@]12C(=O)Nc1ccc(C)cc12. The van der Waals surface area contributed by atoms with Gasteiger partial charge in [0.1, 0.15) is 22.5 Å². The summed E-state index contributed by atoms with van der Waals surface area (Å²) >= 11 is 0. The number of ether oxygens (including phenoxy) is 1. The normalized spacial score (nSPS) is 20.7. The van der Waals surface area contributed by atoms with Crippen molar-refractivity contribution >= 4 is 35.1 Å². The summed E-state index contributed by atoms with van der Waals surface area (Å²) in [5.74, 6) is -2.84. The molecule has 3 N–H and O–H groups in total. The van der Waals surface area contributed by atoms with Crippen LogP contribution in [0, 0.1) is 12.8 Å². The lowest BCUT2D eigenvalue weighted by molar-refractivity contribution is -0.140. The zero-order valence-corrected chi connectivity index (χ0v) is 21.1. The van der Waals surface area contributed by atoms with E-state index in [1.165, 1.54) is 4.90 Å². The lowest BCUT2D eigenvalue weighted by Gasteiger charge is -2.39. The largest absolute Gasteiger partial charge is 0.462 e. The van der Waals surface area contributed by atoms with E-state index >= 15 is 0 Å². The van der Waals surface area contributed by atoms with E-state index in [4.69, 9.17) is 10.5 Å². The van der Waals surface area contributed by atoms with Crippen LogP contribution in [0.25, 0.3) is 0 Å². The number of aryl methyl sites for hydroxylation is 1. The highest BCUT2D eigenvalue weighted by molar-refractivity contribution is 6.31. The van der Waals surface area contributed by atoms with Crippen LogP contribution in [0.4, 0.5) is 11.4 Å². The summed E-state index contributed by atoms with van der Waals surface area (Å²) in [7, 11) is 0. The number of fused-ring (bicyclic) bond motifs is 3. The minimum atomic E-state index is -1.95. The molecule has 1 atom stereocenters. The molecule has 2 aromatic rings. The fraction of sp³-hybridized carbons (Fsp3) is 0.286. The van der Waals surface area contributed by atoms with Gasteiger partial charge in [0.25, 0.3) is 11.8 Å². The van der Waals surface area contributed by atoms with Gasteiger partial charge in [-0.3, -0.25) is 24.2 Å². The zero-order chi connectivity index (χ0) is 26.6. The highest BCUT2D eigenvalue weighted by atomic mass is 16.5. The number of carbonyl (C=O) groups is 4. The molecule has 9 heteroatoms. The number of nitrogens with zero attached hydrogens (tertiary/aromatic N) is 2. The topological polar surface area (TPSA) is 122 Å². The summed E-state index contributed by atoms with van der Waals surface area (Å²) in [4.78, 5) is 58.2. The van der Waals surface area contributed by atoms with Gasteiger partial charge < -0.3 is 15.8 Å². The van der Waals surface area contributed by atoms with Gasteiger partial charge in [0.2, 0.25) is 5.91 Å². The number of carbonyl (C=O) groups excluding carboxylic acids is 4.